The molecule has 1 aromatic heterocycles. The third kappa shape index (κ3) is 5.14. The molecule has 1 aliphatic rings. The molecule has 6 nitrogen and oxygen atoms in total. The molecule has 0 unspecified atom stereocenters. The van der Waals surface area contributed by atoms with Crippen molar-refractivity contribution in [2.75, 3.05) is 11.9 Å². The van der Waals surface area contributed by atoms with Gasteiger partial charge in [-0.05, 0) is 30.5 Å². The smallest absolute Gasteiger partial charge is 0.251 e. The van der Waals surface area contributed by atoms with E-state index in [-0.39, 0.29) is 29.3 Å². The predicted molar refractivity (Wildman–Crippen MR) is 114 cm³/mol. The summed E-state index contributed by atoms with van der Waals surface area (Å²) in [5.74, 6) is 0.511. The minimum atomic E-state index is -0.616. The van der Waals surface area contributed by atoms with E-state index in [1.807, 2.05) is 43.9 Å². The molecule has 8 heteroatoms. The highest BCUT2D eigenvalue weighted by atomic mass is 35.5. The van der Waals surface area contributed by atoms with E-state index in [1.165, 1.54) is 11.0 Å². The van der Waals surface area contributed by atoms with Crippen molar-refractivity contribution in [3.05, 3.63) is 58.5 Å². The average molecular weight is 436 g/mol. The lowest BCUT2D eigenvalue weighted by Crippen LogP contribution is -2.46. The summed E-state index contributed by atoms with van der Waals surface area (Å²) in [6.45, 7) is 4.21. The van der Waals surface area contributed by atoms with Gasteiger partial charge in [0, 0.05) is 25.5 Å². The molecule has 0 spiro atoms. The van der Waals surface area contributed by atoms with Crippen LogP contribution in [0.3, 0.4) is 0 Å². The molecule has 0 fully saturated rings. The van der Waals surface area contributed by atoms with Crippen LogP contribution in [0.25, 0.3) is 0 Å². The highest BCUT2D eigenvalue weighted by Crippen LogP contribution is 2.33. The maximum Gasteiger partial charge on any atom is 0.251 e. The van der Waals surface area contributed by atoms with Crippen LogP contribution in [0.15, 0.2) is 48.5 Å². The number of hydrogen-bond donors (Lipinski definition) is 1. The van der Waals surface area contributed by atoms with Gasteiger partial charge in [-0.3, -0.25) is 9.59 Å². The zero-order valence-corrected chi connectivity index (χ0v) is 18.0. The number of amides is 2. The molecule has 2 aromatic rings. The monoisotopic (exact) mass is 435 g/mol. The number of nitrogens with one attached hydrogen (secondary N) is 1. The van der Waals surface area contributed by atoms with Gasteiger partial charge in [-0.15, -0.1) is 0 Å². The van der Waals surface area contributed by atoms with Gasteiger partial charge in [0.25, 0.3) is 5.91 Å². The Hall–Kier alpha value is -2.44. The van der Waals surface area contributed by atoms with Crippen molar-refractivity contribution in [2.45, 2.75) is 26.3 Å². The first-order valence-electron chi connectivity index (χ1n) is 9.30. The number of nitrogens with zero attached hydrogens (tertiary/aromatic N) is 2. The first-order valence-corrected chi connectivity index (χ1v) is 10.1. The molecule has 1 aliphatic heterocycles. The van der Waals surface area contributed by atoms with Gasteiger partial charge < -0.3 is 19.5 Å². The molecule has 0 radical (unpaired) electrons. The van der Waals surface area contributed by atoms with Gasteiger partial charge in [-0.25, -0.2) is 0 Å². The van der Waals surface area contributed by atoms with Gasteiger partial charge >= 0.3 is 0 Å². The highest BCUT2D eigenvalue weighted by Gasteiger charge is 2.35. The molecule has 1 aromatic carbocycles. The zero-order valence-electron chi connectivity index (χ0n) is 16.5. The topological polar surface area (TPSA) is 63.6 Å². The Morgan fingerprint density at radius 3 is 2.69 bits per heavy atom. The van der Waals surface area contributed by atoms with Crippen LogP contribution in [-0.2, 0) is 16.6 Å². The van der Waals surface area contributed by atoms with E-state index in [0.717, 1.165) is 0 Å². The number of anilines is 1. The average Bonchev–Trinajstić information content (AvgIpc) is 3.21. The summed E-state index contributed by atoms with van der Waals surface area (Å²) in [5.41, 5.74) is 0.688. The molecule has 3 rings (SSSR count). The molecule has 29 heavy (non-hydrogen) atoms. The van der Waals surface area contributed by atoms with Crippen molar-refractivity contribution in [3.63, 3.8) is 0 Å². The van der Waals surface area contributed by atoms with E-state index in [9.17, 15) is 9.59 Å². The molecule has 1 N–H and O–H groups in total. The molecular weight excluding hydrogens is 413 g/mol. The van der Waals surface area contributed by atoms with Crippen LogP contribution in [0.5, 0.6) is 5.75 Å². The Labute approximate surface area is 180 Å². The summed E-state index contributed by atoms with van der Waals surface area (Å²) in [4.78, 5) is 27.1. The fourth-order valence-corrected chi connectivity index (χ4v) is 3.50. The number of hydrogen-bond acceptors (Lipinski definition) is 3. The van der Waals surface area contributed by atoms with Crippen LogP contribution in [0, 0.1) is 5.92 Å². The Kier molecular flexibility index (Phi) is 6.55. The predicted octanol–water partition coefficient (Wildman–Crippen LogP) is 4.49. The standard InChI is InChI=1S/C21H23Cl2N3O3/c1-13(2)9-17(21(28)24-14-7-8-25(3)11-14)26-12-15(10-19(26)27)29-18-6-4-5-16(22)20(18)23/h4-8,10-11,13,17H,9,12H2,1-3H3,(H,24,28)/t17-/m0/s1. The molecule has 2 heterocycles. The SMILES string of the molecule is CC(C)C[C@@H](C(=O)Nc1ccn(C)c1)N1CC(Oc2cccc(Cl)c2Cl)=CC1=O. The summed E-state index contributed by atoms with van der Waals surface area (Å²) in [6, 6.07) is 6.24. The summed E-state index contributed by atoms with van der Waals surface area (Å²) in [7, 11) is 1.87. The van der Waals surface area contributed by atoms with Crippen molar-refractivity contribution in [2.24, 2.45) is 13.0 Å². The molecule has 0 bridgehead atoms. The van der Waals surface area contributed by atoms with E-state index in [1.54, 1.807) is 18.2 Å². The summed E-state index contributed by atoms with van der Waals surface area (Å²) < 4.78 is 7.63. The van der Waals surface area contributed by atoms with Crippen molar-refractivity contribution in [3.8, 4) is 5.75 Å². The second-order valence-corrected chi connectivity index (χ2v) is 8.22. The molecule has 0 aliphatic carbocycles. The van der Waals surface area contributed by atoms with E-state index in [2.05, 4.69) is 5.32 Å². The third-order valence-corrected chi connectivity index (χ3v) is 5.33. The largest absolute Gasteiger partial charge is 0.458 e. The van der Waals surface area contributed by atoms with E-state index < -0.39 is 6.04 Å². The van der Waals surface area contributed by atoms with Gasteiger partial charge in [-0.1, -0.05) is 43.1 Å². The molecule has 2 amide bonds. The second kappa shape index (κ2) is 8.93. The number of rotatable bonds is 7. The van der Waals surface area contributed by atoms with Crippen molar-refractivity contribution in [1.29, 1.82) is 0 Å². The number of carbonyl (C=O) groups is 2. The Bertz CT molecular complexity index is 952. The summed E-state index contributed by atoms with van der Waals surface area (Å²) in [5, 5.41) is 3.54. The van der Waals surface area contributed by atoms with Gasteiger partial charge in [0.2, 0.25) is 5.91 Å². The lowest BCUT2D eigenvalue weighted by molar-refractivity contribution is -0.133. The van der Waals surface area contributed by atoms with E-state index >= 15 is 0 Å². The Balaban J connectivity index is 1.74. The normalized spacial score (nSPS) is 14.9. The lowest BCUT2D eigenvalue weighted by atomic mass is 10.0. The summed E-state index contributed by atoms with van der Waals surface area (Å²) >= 11 is 12.2. The van der Waals surface area contributed by atoms with Crippen LogP contribution in [0.1, 0.15) is 20.3 Å². The van der Waals surface area contributed by atoms with Crippen LogP contribution >= 0.6 is 23.2 Å². The fourth-order valence-electron chi connectivity index (χ4n) is 3.17. The molecule has 0 saturated carbocycles. The molecule has 1 atom stereocenters. The summed E-state index contributed by atoms with van der Waals surface area (Å²) in [6.07, 6.45) is 5.57. The minimum Gasteiger partial charge on any atom is -0.458 e. The maximum absolute atomic E-state index is 12.9. The number of aromatic nitrogens is 1. The zero-order chi connectivity index (χ0) is 21.1. The van der Waals surface area contributed by atoms with E-state index in [0.29, 0.717) is 28.6 Å². The Morgan fingerprint density at radius 2 is 2.03 bits per heavy atom. The first kappa shape index (κ1) is 21.3. The highest BCUT2D eigenvalue weighted by molar-refractivity contribution is 6.42. The number of aryl methyl sites for hydroxylation is 1. The van der Waals surface area contributed by atoms with Crippen molar-refractivity contribution < 1.29 is 14.3 Å². The molecular formula is C21H23Cl2N3O3. The van der Waals surface area contributed by atoms with Gasteiger partial charge in [0.05, 0.1) is 17.3 Å². The fraction of sp³-hybridized carbons (Fsp3) is 0.333. The van der Waals surface area contributed by atoms with Crippen LogP contribution < -0.4 is 10.1 Å². The second-order valence-electron chi connectivity index (χ2n) is 7.43. The minimum absolute atomic E-state index is 0.182. The number of carbonyl (C=O) groups excluding carboxylic acids is 2. The Morgan fingerprint density at radius 1 is 1.28 bits per heavy atom. The maximum atomic E-state index is 12.9. The third-order valence-electron chi connectivity index (χ3n) is 4.52. The van der Waals surface area contributed by atoms with Gasteiger partial charge in [-0.2, -0.15) is 0 Å². The van der Waals surface area contributed by atoms with Crippen molar-refractivity contribution >= 4 is 40.7 Å². The number of halogens is 2. The van der Waals surface area contributed by atoms with Gasteiger partial charge in [0.1, 0.15) is 22.6 Å². The lowest BCUT2D eigenvalue weighted by Gasteiger charge is -2.28. The van der Waals surface area contributed by atoms with Crippen molar-refractivity contribution in [1.82, 2.24) is 9.47 Å². The van der Waals surface area contributed by atoms with Gasteiger partial charge in [0.15, 0.2) is 0 Å². The van der Waals surface area contributed by atoms with Crippen LogP contribution in [-0.4, -0.2) is 33.9 Å². The van der Waals surface area contributed by atoms with Crippen LogP contribution in [0.2, 0.25) is 10.0 Å². The number of benzene rings is 1. The number of ether oxygens (including phenoxy) is 1. The van der Waals surface area contributed by atoms with Crippen LogP contribution in [0.4, 0.5) is 5.69 Å². The van der Waals surface area contributed by atoms with E-state index in [4.69, 9.17) is 27.9 Å². The molecule has 154 valence electrons. The quantitative estimate of drug-likeness (QED) is 0.696. The molecule has 0 saturated heterocycles. The first-order chi connectivity index (χ1) is 13.7.